The van der Waals surface area contributed by atoms with Crippen molar-refractivity contribution in [2.75, 3.05) is 18.4 Å². The molecule has 6 nitrogen and oxygen atoms in total. The lowest BCUT2D eigenvalue weighted by atomic mass is 10.1. The zero-order valence-electron chi connectivity index (χ0n) is 16.0. The van der Waals surface area contributed by atoms with Crippen LogP contribution in [-0.4, -0.2) is 36.7 Å². The molecule has 1 saturated heterocycles. The third-order valence-corrected chi connectivity index (χ3v) is 7.65. The Bertz CT molecular complexity index is 1130. The number of amides is 1. The number of thiazole rings is 1. The van der Waals surface area contributed by atoms with E-state index in [2.05, 4.69) is 10.3 Å². The molecule has 2 aromatic carbocycles. The number of benzene rings is 2. The zero-order valence-corrected chi connectivity index (χ0v) is 17.6. The van der Waals surface area contributed by atoms with E-state index in [1.54, 1.807) is 18.2 Å². The maximum absolute atomic E-state index is 12.9. The summed E-state index contributed by atoms with van der Waals surface area (Å²) in [5.74, 6) is -0.301. The van der Waals surface area contributed by atoms with Crippen molar-refractivity contribution < 1.29 is 13.2 Å². The Morgan fingerprint density at radius 1 is 1.07 bits per heavy atom. The molecule has 1 amide bonds. The summed E-state index contributed by atoms with van der Waals surface area (Å²) in [6.45, 7) is 2.94. The van der Waals surface area contributed by atoms with Crippen molar-refractivity contribution in [3.8, 4) is 11.3 Å². The standard InChI is InChI=1S/C21H21N3O3S2/c1-15-22-19(16-8-3-2-4-9-16)20(28-15)21(25)23-17-10-7-11-18(14-17)29(26,27)24-12-5-6-13-24/h2-4,7-11,14H,5-6,12-13H2,1H3,(H,23,25). The maximum atomic E-state index is 12.9. The second kappa shape index (κ2) is 8.06. The molecule has 1 N–H and O–H groups in total. The first kappa shape index (κ1) is 19.8. The molecule has 3 aromatic rings. The Kier molecular flexibility index (Phi) is 5.49. The molecule has 0 aliphatic carbocycles. The number of anilines is 1. The fourth-order valence-electron chi connectivity index (χ4n) is 3.37. The van der Waals surface area contributed by atoms with E-state index in [0.29, 0.717) is 29.3 Å². The van der Waals surface area contributed by atoms with Crippen molar-refractivity contribution in [2.24, 2.45) is 0 Å². The molecule has 1 aromatic heterocycles. The molecule has 2 heterocycles. The van der Waals surface area contributed by atoms with Crippen LogP contribution in [0.2, 0.25) is 0 Å². The van der Waals surface area contributed by atoms with Gasteiger partial charge in [-0.15, -0.1) is 11.3 Å². The molecule has 0 bridgehead atoms. The molecular weight excluding hydrogens is 406 g/mol. The highest BCUT2D eigenvalue weighted by atomic mass is 32.2. The average molecular weight is 428 g/mol. The fraction of sp³-hybridized carbons (Fsp3) is 0.238. The largest absolute Gasteiger partial charge is 0.321 e. The van der Waals surface area contributed by atoms with Crippen molar-refractivity contribution >= 4 is 33.0 Å². The van der Waals surface area contributed by atoms with Gasteiger partial charge >= 0.3 is 0 Å². The van der Waals surface area contributed by atoms with Crippen molar-refractivity contribution in [3.05, 3.63) is 64.5 Å². The maximum Gasteiger partial charge on any atom is 0.268 e. The summed E-state index contributed by atoms with van der Waals surface area (Å²) in [6.07, 6.45) is 1.76. The Morgan fingerprint density at radius 3 is 2.52 bits per heavy atom. The molecule has 4 rings (SSSR count). The minimum atomic E-state index is -3.54. The van der Waals surface area contributed by atoms with Crippen molar-refractivity contribution in [1.82, 2.24) is 9.29 Å². The molecule has 1 aliphatic rings. The predicted octanol–water partition coefficient (Wildman–Crippen LogP) is 4.16. The Labute approximate surface area is 174 Å². The average Bonchev–Trinajstić information content (AvgIpc) is 3.39. The quantitative estimate of drug-likeness (QED) is 0.663. The van der Waals surface area contributed by atoms with Crippen LogP contribution in [-0.2, 0) is 10.0 Å². The first-order valence-corrected chi connectivity index (χ1v) is 11.7. The Hall–Kier alpha value is -2.55. The third kappa shape index (κ3) is 4.10. The van der Waals surface area contributed by atoms with E-state index >= 15 is 0 Å². The monoisotopic (exact) mass is 427 g/mol. The number of aryl methyl sites for hydroxylation is 1. The van der Waals surface area contributed by atoms with Gasteiger partial charge in [-0.2, -0.15) is 4.31 Å². The molecule has 0 radical (unpaired) electrons. The van der Waals surface area contributed by atoms with Gasteiger partial charge in [0.25, 0.3) is 5.91 Å². The van der Waals surface area contributed by atoms with E-state index in [-0.39, 0.29) is 10.8 Å². The van der Waals surface area contributed by atoms with Gasteiger partial charge in [-0.05, 0) is 38.0 Å². The smallest absolute Gasteiger partial charge is 0.268 e. The van der Waals surface area contributed by atoms with Crippen LogP contribution in [0.25, 0.3) is 11.3 Å². The molecular formula is C21H21N3O3S2. The van der Waals surface area contributed by atoms with E-state index in [9.17, 15) is 13.2 Å². The van der Waals surface area contributed by atoms with Gasteiger partial charge < -0.3 is 5.32 Å². The van der Waals surface area contributed by atoms with Crippen LogP contribution in [0.1, 0.15) is 27.5 Å². The minimum absolute atomic E-state index is 0.195. The first-order chi connectivity index (χ1) is 13.9. The molecule has 1 aliphatic heterocycles. The predicted molar refractivity (Wildman–Crippen MR) is 115 cm³/mol. The molecule has 29 heavy (non-hydrogen) atoms. The number of nitrogens with zero attached hydrogens (tertiary/aromatic N) is 2. The number of sulfonamides is 1. The number of aromatic nitrogens is 1. The normalized spacial score (nSPS) is 14.8. The van der Waals surface area contributed by atoms with Gasteiger partial charge in [0.05, 0.1) is 15.6 Å². The molecule has 1 fully saturated rings. The van der Waals surface area contributed by atoms with Gasteiger partial charge in [-0.1, -0.05) is 36.4 Å². The van der Waals surface area contributed by atoms with Gasteiger partial charge in [-0.25, -0.2) is 13.4 Å². The van der Waals surface area contributed by atoms with Gasteiger partial charge in [0.1, 0.15) is 4.88 Å². The molecule has 8 heteroatoms. The summed E-state index contributed by atoms with van der Waals surface area (Å²) in [7, 11) is -3.54. The molecule has 0 spiro atoms. The van der Waals surface area contributed by atoms with E-state index < -0.39 is 10.0 Å². The number of nitrogens with one attached hydrogen (secondary N) is 1. The lowest BCUT2D eigenvalue weighted by Gasteiger charge is -2.16. The summed E-state index contributed by atoms with van der Waals surface area (Å²) >= 11 is 1.32. The van der Waals surface area contributed by atoms with E-state index in [1.807, 2.05) is 37.3 Å². The number of rotatable bonds is 5. The topological polar surface area (TPSA) is 79.4 Å². The first-order valence-electron chi connectivity index (χ1n) is 9.39. The fourth-order valence-corrected chi connectivity index (χ4v) is 5.77. The molecule has 150 valence electrons. The number of hydrogen-bond donors (Lipinski definition) is 1. The van der Waals surface area contributed by atoms with Gasteiger partial charge in [0.15, 0.2) is 0 Å². The summed E-state index contributed by atoms with van der Waals surface area (Å²) in [4.78, 5) is 18.1. The molecule has 0 atom stereocenters. The van der Waals surface area contributed by atoms with Crippen LogP contribution in [0.15, 0.2) is 59.5 Å². The Morgan fingerprint density at radius 2 is 1.79 bits per heavy atom. The highest BCUT2D eigenvalue weighted by molar-refractivity contribution is 7.89. The van der Waals surface area contributed by atoms with Crippen LogP contribution in [0, 0.1) is 6.92 Å². The van der Waals surface area contributed by atoms with Crippen LogP contribution < -0.4 is 5.32 Å². The SMILES string of the molecule is Cc1nc(-c2ccccc2)c(C(=O)Nc2cccc(S(=O)(=O)N3CCCC3)c2)s1. The van der Waals surface area contributed by atoms with Crippen molar-refractivity contribution in [1.29, 1.82) is 0 Å². The van der Waals surface area contributed by atoms with E-state index in [0.717, 1.165) is 23.4 Å². The third-order valence-electron chi connectivity index (χ3n) is 4.78. The van der Waals surface area contributed by atoms with Crippen LogP contribution in [0.4, 0.5) is 5.69 Å². The van der Waals surface area contributed by atoms with Crippen LogP contribution >= 0.6 is 11.3 Å². The van der Waals surface area contributed by atoms with Crippen LogP contribution in [0.3, 0.4) is 0 Å². The highest BCUT2D eigenvalue weighted by Gasteiger charge is 2.27. The van der Waals surface area contributed by atoms with Gasteiger partial charge in [-0.3, -0.25) is 4.79 Å². The van der Waals surface area contributed by atoms with Gasteiger partial charge in [0, 0.05) is 24.3 Å². The second-order valence-corrected chi connectivity index (χ2v) is 10.0. The van der Waals surface area contributed by atoms with Crippen molar-refractivity contribution in [2.45, 2.75) is 24.7 Å². The highest BCUT2D eigenvalue weighted by Crippen LogP contribution is 2.29. The Balaban J connectivity index is 1.60. The summed E-state index contributed by atoms with van der Waals surface area (Å²) in [6, 6.07) is 16.0. The van der Waals surface area contributed by atoms with Crippen molar-refractivity contribution in [3.63, 3.8) is 0 Å². The molecule has 0 unspecified atom stereocenters. The summed E-state index contributed by atoms with van der Waals surface area (Å²) in [5.41, 5.74) is 1.94. The zero-order chi connectivity index (χ0) is 20.4. The lowest BCUT2D eigenvalue weighted by Crippen LogP contribution is -2.27. The number of carbonyl (C=O) groups is 1. The summed E-state index contributed by atoms with van der Waals surface area (Å²) in [5, 5.41) is 3.62. The van der Waals surface area contributed by atoms with Gasteiger partial charge in [0.2, 0.25) is 10.0 Å². The summed E-state index contributed by atoms with van der Waals surface area (Å²) < 4.78 is 27.1. The number of carbonyl (C=O) groups excluding carboxylic acids is 1. The minimum Gasteiger partial charge on any atom is -0.321 e. The second-order valence-electron chi connectivity index (χ2n) is 6.87. The van der Waals surface area contributed by atoms with E-state index in [4.69, 9.17) is 0 Å². The lowest BCUT2D eigenvalue weighted by molar-refractivity contribution is 0.103. The number of hydrogen-bond acceptors (Lipinski definition) is 5. The molecule has 0 saturated carbocycles. The van der Waals surface area contributed by atoms with Crippen LogP contribution in [0.5, 0.6) is 0 Å². The van der Waals surface area contributed by atoms with E-state index in [1.165, 1.54) is 21.7 Å².